The molecule has 1 saturated carbocycles. The van der Waals surface area contributed by atoms with Crippen molar-refractivity contribution in [3.8, 4) is 0 Å². The SMILES string of the molecule is CCn1nccc1C(=O)N[C@H](c1cn2nc(C[C@H]3C[C@@H](C(F)(F)F)CNC3=O)c(CCN3CCOCC3)nc2n1)C1CCC(F)(F)CC1. The normalized spacial score (nSPS) is 23.2. The first-order chi connectivity index (χ1) is 22.9. The number of ether oxygens (including phenoxy) is 1. The van der Waals surface area contributed by atoms with E-state index in [1.807, 2.05) is 6.92 Å². The lowest BCUT2D eigenvalue weighted by atomic mass is 9.81. The molecule has 2 saturated heterocycles. The second-order valence-electron chi connectivity index (χ2n) is 12.9. The van der Waals surface area contributed by atoms with Gasteiger partial charge in [-0.2, -0.15) is 23.4 Å². The summed E-state index contributed by atoms with van der Waals surface area (Å²) in [6.45, 7) is 5.04. The highest BCUT2D eigenvalue weighted by atomic mass is 19.4. The van der Waals surface area contributed by atoms with Crippen molar-refractivity contribution in [2.75, 3.05) is 39.4 Å². The fraction of sp³-hybridized carbons (Fsp3) is 0.677. The quantitative estimate of drug-likeness (QED) is 0.312. The molecule has 12 nitrogen and oxygen atoms in total. The molecule has 0 aromatic carbocycles. The summed E-state index contributed by atoms with van der Waals surface area (Å²) in [5.41, 5.74) is 1.59. The van der Waals surface area contributed by atoms with Crippen LogP contribution >= 0.6 is 0 Å². The van der Waals surface area contributed by atoms with Crippen molar-refractivity contribution in [1.82, 2.24) is 44.9 Å². The predicted molar refractivity (Wildman–Crippen MR) is 161 cm³/mol. The average molecular weight is 682 g/mol. The van der Waals surface area contributed by atoms with Crippen LogP contribution in [-0.4, -0.2) is 97.6 Å². The number of piperidine rings is 1. The second kappa shape index (κ2) is 14.0. The predicted octanol–water partition coefficient (Wildman–Crippen LogP) is 3.37. The van der Waals surface area contributed by atoms with Crippen molar-refractivity contribution < 1.29 is 36.3 Å². The number of hydrogen-bond acceptors (Lipinski definition) is 8. The third-order valence-corrected chi connectivity index (χ3v) is 9.71. The number of aromatic nitrogens is 6. The number of rotatable bonds is 10. The molecular weight excluding hydrogens is 641 g/mol. The summed E-state index contributed by atoms with van der Waals surface area (Å²) in [7, 11) is 0. The molecule has 0 unspecified atom stereocenters. The van der Waals surface area contributed by atoms with Gasteiger partial charge in [-0.05, 0) is 38.2 Å². The van der Waals surface area contributed by atoms with Gasteiger partial charge in [-0.3, -0.25) is 19.2 Å². The lowest BCUT2D eigenvalue weighted by molar-refractivity contribution is -0.183. The van der Waals surface area contributed by atoms with E-state index in [-0.39, 0.29) is 50.2 Å². The first kappa shape index (κ1) is 34.1. The van der Waals surface area contributed by atoms with Gasteiger partial charge >= 0.3 is 6.18 Å². The fourth-order valence-corrected chi connectivity index (χ4v) is 6.88. The Morgan fingerprint density at radius 1 is 1.17 bits per heavy atom. The third-order valence-electron chi connectivity index (χ3n) is 9.71. The van der Waals surface area contributed by atoms with Gasteiger partial charge in [0.15, 0.2) is 0 Å². The summed E-state index contributed by atoms with van der Waals surface area (Å²) in [4.78, 5) is 37.8. The minimum Gasteiger partial charge on any atom is -0.379 e. The molecule has 0 bridgehead atoms. The lowest BCUT2D eigenvalue weighted by Crippen LogP contribution is -2.47. The molecule has 2 N–H and O–H groups in total. The molecule has 1 aliphatic carbocycles. The first-order valence-corrected chi connectivity index (χ1v) is 16.5. The van der Waals surface area contributed by atoms with E-state index in [0.29, 0.717) is 55.5 Å². The highest BCUT2D eigenvalue weighted by Crippen LogP contribution is 2.41. The zero-order valence-electron chi connectivity index (χ0n) is 26.7. The summed E-state index contributed by atoms with van der Waals surface area (Å²) >= 11 is 0. The molecule has 2 amide bonds. The molecule has 0 spiro atoms. The second-order valence-corrected chi connectivity index (χ2v) is 12.9. The molecule has 2 aliphatic heterocycles. The topological polar surface area (TPSA) is 132 Å². The van der Waals surface area contributed by atoms with Crippen LogP contribution in [0.1, 0.15) is 72.6 Å². The number of aryl methyl sites for hydroxylation is 1. The van der Waals surface area contributed by atoms with E-state index >= 15 is 0 Å². The highest BCUT2D eigenvalue weighted by Gasteiger charge is 2.45. The summed E-state index contributed by atoms with van der Waals surface area (Å²) in [6.07, 6.45) is -1.68. The molecular formula is C31H40F5N9O3. The van der Waals surface area contributed by atoms with Crippen molar-refractivity contribution in [2.45, 2.75) is 76.6 Å². The summed E-state index contributed by atoms with van der Waals surface area (Å²) in [6, 6.07) is 0.837. The molecule has 3 atom stereocenters. The van der Waals surface area contributed by atoms with Crippen molar-refractivity contribution in [2.24, 2.45) is 17.8 Å². The van der Waals surface area contributed by atoms with Crippen LogP contribution in [0, 0.1) is 17.8 Å². The fourth-order valence-electron chi connectivity index (χ4n) is 6.88. The van der Waals surface area contributed by atoms with Crippen molar-refractivity contribution in [3.05, 3.63) is 41.2 Å². The minimum atomic E-state index is -4.45. The highest BCUT2D eigenvalue weighted by molar-refractivity contribution is 5.92. The van der Waals surface area contributed by atoms with Gasteiger partial charge in [-0.1, -0.05) is 0 Å². The van der Waals surface area contributed by atoms with Gasteiger partial charge in [-0.15, -0.1) is 0 Å². The van der Waals surface area contributed by atoms with E-state index in [1.54, 1.807) is 12.3 Å². The van der Waals surface area contributed by atoms with E-state index in [9.17, 15) is 31.5 Å². The molecule has 5 heterocycles. The molecule has 6 rings (SSSR count). The minimum absolute atomic E-state index is 0.0494. The van der Waals surface area contributed by atoms with Crippen LogP contribution < -0.4 is 10.6 Å². The van der Waals surface area contributed by atoms with E-state index in [2.05, 4.69) is 20.6 Å². The largest absolute Gasteiger partial charge is 0.393 e. The van der Waals surface area contributed by atoms with Crippen LogP contribution in [0.15, 0.2) is 18.5 Å². The van der Waals surface area contributed by atoms with Gasteiger partial charge < -0.3 is 15.4 Å². The maximum atomic E-state index is 14.2. The number of fused-ring (bicyclic) bond motifs is 1. The summed E-state index contributed by atoms with van der Waals surface area (Å²) < 4.78 is 77.5. The zero-order chi connectivity index (χ0) is 34.1. The monoisotopic (exact) mass is 681 g/mol. The van der Waals surface area contributed by atoms with Crippen LogP contribution in [0.4, 0.5) is 22.0 Å². The van der Waals surface area contributed by atoms with Crippen LogP contribution in [0.5, 0.6) is 0 Å². The summed E-state index contributed by atoms with van der Waals surface area (Å²) in [5.74, 6) is -6.44. The number of carbonyl (C=O) groups is 2. The number of morpholine rings is 1. The van der Waals surface area contributed by atoms with Crippen molar-refractivity contribution >= 4 is 17.6 Å². The number of amides is 2. The molecule has 3 fully saturated rings. The molecule has 3 aliphatic rings. The number of hydrogen-bond donors (Lipinski definition) is 2. The van der Waals surface area contributed by atoms with E-state index in [1.165, 1.54) is 15.4 Å². The zero-order valence-corrected chi connectivity index (χ0v) is 26.7. The first-order valence-electron chi connectivity index (χ1n) is 16.5. The lowest BCUT2D eigenvalue weighted by Gasteiger charge is -2.33. The number of halogens is 5. The van der Waals surface area contributed by atoms with E-state index < -0.39 is 48.3 Å². The van der Waals surface area contributed by atoms with Crippen molar-refractivity contribution in [1.29, 1.82) is 0 Å². The number of carbonyl (C=O) groups excluding carboxylic acids is 2. The Bertz CT molecular complexity index is 1590. The molecule has 17 heteroatoms. The summed E-state index contributed by atoms with van der Waals surface area (Å²) in [5, 5.41) is 14.3. The maximum absolute atomic E-state index is 14.2. The Balaban J connectivity index is 1.33. The van der Waals surface area contributed by atoms with Crippen molar-refractivity contribution in [3.63, 3.8) is 0 Å². The maximum Gasteiger partial charge on any atom is 0.393 e. The third kappa shape index (κ3) is 7.77. The number of nitrogens with zero attached hydrogens (tertiary/aromatic N) is 7. The van der Waals surface area contributed by atoms with Crippen LogP contribution in [0.25, 0.3) is 5.78 Å². The van der Waals surface area contributed by atoms with E-state index in [4.69, 9.17) is 19.8 Å². The van der Waals surface area contributed by atoms with Crippen LogP contribution in [0.2, 0.25) is 0 Å². The Morgan fingerprint density at radius 2 is 1.92 bits per heavy atom. The molecule has 0 radical (unpaired) electrons. The van der Waals surface area contributed by atoms with E-state index in [0.717, 1.165) is 13.1 Å². The smallest absolute Gasteiger partial charge is 0.379 e. The molecule has 262 valence electrons. The Labute approximate surface area is 273 Å². The average Bonchev–Trinajstić information content (AvgIpc) is 3.70. The number of alkyl halides is 5. The Morgan fingerprint density at radius 3 is 2.62 bits per heavy atom. The molecule has 3 aromatic rings. The van der Waals surface area contributed by atoms with Gasteiger partial charge in [0.2, 0.25) is 11.8 Å². The van der Waals surface area contributed by atoms with Gasteiger partial charge in [0.25, 0.3) is 11.7 Å². The molecule has 48 heavy (non-hydrogen) atoms. The Hall–Kier alpha value is -3.73. The number of imidazole rings is 1. The van der Waals surface area contributed by atoms with Gasteiger partial charge in [0.05, 0.1) is 48.5 Å². The number of nitrogens with one attached hydrogen (secondary N) is 2. The Kier molecular flexibility index (Phi) is 9.97. The van der Waals surface area contributed by atoms with Crippen LogP contribution in [-0.2, 0) is 28.9 Å². The standard InChI is InChI=1S/C31H40F5N9O3/c1-2-44-25(5-9-38-44)28(47)41-26(19-3-7-30(32,33)8-4-19)24-18-45-29(40-24)39-22(6-10-43-11-13-48-14-12-43)23(42-45)16-20-15-21(31(34,35)36)17-37-27(20)46/h5,9,18-21,26H,2-4,6-8,10-17H2,1H3,(H,37,46)(H,41,47)/t20-,21-,26+/m1/s1. The van der Waals surface area contributed by atoms with Gasteiger partial charge in [0.1, 0.15) is 5.69 Å². The molecule has 3 aromatic heterocycles. The van der Waals surface area contributed by atoms with Crippen LogP contribution in [0.3, 0.4) is 0 Å². The van der Waals surface area contributed by atoms with Gasteiger partial charge in [-0.25, -0.2) is 23.3 Å². The van der Waals surface area contributed by atoms with Gasteiger partial charge in [0, 0.05) is 70.5 Å².